The molecule has 78 valence electrons. The van der Waals surface area contributed by atoms with Crippen LogP contribution in [0.5, 0.6) is 0 Å². The van der Waals surface area contributed by atoms with Gasteiger partial charge in [-0.2, -0.15) is 0 Å². The van der Waals surface area contributed by atoms with E-state index in [1.807, 2.05) is 13.1 Å². The van der Waals surface area contributed by atoms with E-state index in [9.17, 15) is 5.11 Å². The zero-order valence-electron chi connectivity index (χ0n) is 8.85. The standard InChI is InChI=1S/C12H15N2O/c1-13-10-5-3-2-4-9(10)8-14-7-6-11(15)12(13)14/h2-5,11,15H,6-8H2,1H3/q+1/t11-/m0/s1. The van der Waals surface area contributed by atoms with Gasteiger partial charge in [0.2, 0.25) is 0 Å². The molecule has 2 aliphatic heterocycles. The molecule has 0 aromatic heterocycles. The van der Waals surface area contributed by atoms with Crippen molar-refractivity contribution in [3.8, 4) is 0 Å². The van der Waals surface area contributed by atoms with E-state index < -0.39 is 0 Å². The molecule has 1 aromatic carbocycles. The number of aliphatic hydroxyl groups excluding tert-OH is 1. The van der Waals surface area contributed by atoms with Crippen LogP contribution in [-0.4, -0.2) is 35.2 Å². The van der Waals surface area contributed by atoms with Gasteiger partial charge in [-0.05, 0) is 6.07 Å². The average molecular weight is 203 g/mol. The lowest BCUT2D eigenvalue weighted by Gasteiger charge is -2.23. The minimum Gasteiger partial charge on any atom is -0.380 e. The van der Waals surface area contributed by atoms with E-state index in [4.69, 9.17) is 0 Å². The predicted octanol–water partition coefficient (Wildman–Crippen LogP) is 0.812. The maximum absolute atomic E-state index is 9.90. The lowest BCUT2D eigenvalue weighted by molar-refractivity contribution is -0.538. The number of nitrogens with zero attached hydrogens (tertiary/aromatic N) is 2. The van der Waals surface area contributed by atoms with E-state index in [1.54, 1.807) is 0 Å². The molecule has 3 nitrogen and oxygen atoms in total. The summed E-state index contributed by atoms with van der Waals surface area (Å²) in [7, 11) is 2.04. The van der Waals surface area contributed by atoms with Gasteiger partial charge in [0.25, 0.3) is 5.84 Å². The second kappa shape index (κ2) is 3.07. The Labute approximate surface area is 89.3 Å². The molecule has 0 amide bonds. The van der Waals surface area contributed by atoms with Crippen LogP contribution < -0.4 is 4.90 Å². The predicted molar refractivity (Wildman–Crippen MR) is 59.3 cm³/mol. The summed E-state index contributed by atoms with van der Waals surface area (Å²) in [5.74, 6) is 1.06. The largest absolute Gasteiger partial charge is 0.380 e. The van der Waals surface area contributed by atoms with Crippen LogP contribution in [0.4, 0.5) is 5.69 Å². The summed E-state index contributed by atoms with van der Waals surface area (Å²) in [6, 6.07) is 8.40. The summed E-state index contributed by atoms with van der Waals surface area (Å²) in [6.45, 7) is 1.90. The van der Waals surface area contributed by atoms with E-state index in [-0.39, 0.29) is 6.10 Å². The number of fused-ring (bicyclic) bond motifs is 1. The molecule has 0 unspecified atom stereocenters. The van der Waals surface area contributed by atoms with E-state index in [0.717, 1.165) is 25.3 Å². The number of hydrogen-bond acceptors (Lipinski definition) is 2. The maximum Gasteiger partial charge on any atom is 0.281 e. The van der Waals surface area contributed by atoms with Crippen molar-refractivity contribution < 1.29 is 9.68 Å². The third-order valence-electron chi connectivity index (χ3n) is 3.35. The van der Waals surface area contributed by atoms with Crippen molar-refractivity contribution in [2.24, 2.45) is 0 Å². The number of likely N-dealkylation sites (N-methyl/N-ethyl adjacent to an activating group) is 1. The highest BCUT2D eigenvalue weighted by molar-refractivity contribution is 5.98. The molecule has 2 heterocycles. The first-order chi connectivity index (χ1) is 7.27. The Bertz CT molecular complexity index is 439. The lowest BCUT2D eigenvalue weighted by atomic mass is 10.1. The van der Waals surface area contributed by atoms with Gasteiger partial charge in [-0.15, -0.1) is 0 Å². The van der Waals surface area contributed by atoms with Gasteiger partial charge >= 0.3 is 0 Å². The minimum absolute atomic E-state index is 0.289. The van der Waals surface area contributed by atoms with Gasteiger partial charge in [0, 0.05) is 12.0 Å². The molecule has 1 aromatic rings. The van der Waals surface area contributed by atoms with Crippen LogP contribution in [0.2, 0.25) is 0 Å². The normalized spacial score (nSPS) is 24.1. The SMILES string of the molecule is CN1C2=[N+](CC[C@@H]2O)Cc2ccccc21. The van der Waals surface area contributed by atoms with Crippen LogP contribution in [0.25, 0.3) is 0 Å². The minimum atomic E-state index is -0.289. The van der Waals surface area contributed by atoms with E-state index in [2.05, 4.69) is 27.7 Å². The fourth-order valence-electron chi connectivity index (χ4n) is 2.63. The first-order valence-corrected chi connectivity index (χ1v) is 5.39. The molecule has 0 fully saturated rings. The Balaban J connectivity index is 2.10. The Hall–Kier alpha value is -1.35. The topological polar surface area (TPSA) is 26.5 Å². The third kappa shape index (κ3) is 1.20. The van der Waals surface area contributed by atoms with Crippen LogP contribution in [-0.2, 0) is 6.54 Å². The molecule has 0 radical (unpaired) electrons. The Morgan fingerprint density at radius 2 is 2.20 bits per heavy atom. The number of hydrogen-bond donors (Lipinski definition) is 1. The van der Waals surface area contributed by atoms with Gasteiger partial charge in [0.05, 0.1) is 13.6 Å². The summed E-state index contributed by atoms with van der Waals surface area (Å²) in [5, 5.41) is 9.90. The van der Waals surface area contributed by atoms with E-state index >= 15 is 0 Å². The summed E-state index contributed by atoms with van der Waals surface area (Å²) < 4.78 is 2.27. The molecule has 0 saturated carbocycles. The van der Waals surface area contributed by atoms with Crippen molar-refractivity contribution in [2.45, 2.75) is 19.1 Å². The van der Waals surface area contributed by atoms with Gasteiger partial charge in [0.15, 0.2) is 6.10 Å². The van der Waals surface area contributed by atoms with Crippen LogP contribution >= 0.6 is 0 Å². The van der Waals surface area contributed by atoms with Gasteiger partial charge in [-0.1, -0.05) is 18.2 Å². The summed E-state index contributed by atoms with van der Waals surface area (Å²) in [4.78, 5) is 2.12. The highest BCUT2D eigenvalue weighted by atomic mass is 16.3. The molecule has 1 atom stereocenters. The molecule has 0 spiro atoms. The molecular weight excluding hydrogens is 188 g/mol. The van der Waals surface area contributed by atoms with Crippen LogP contribution in [0.3, 0.4) is 0 Å². The van der Waals surface area contributed by atoms with Crippen molar-refractivity contribution in [1.82, 2.24) is 0 Å². The van der Waals surface area contributed by atoms with E-state index in [1.165, 1.54) is 11.3 Å². The van der Waals surface area contributed by atoms with Gasteiger partial charge in [-0.25, -0.2) is 4.90 Å². The summed E-state index contributed by atoms with van der Waals surface area (Å²) >= 11 is 0. The smallest absolute Gasteiger partial charge is 0.281 e. The molecule has 3 heteroatoms. The summed E-state index contributed by atoms with van der Waals surface area (Å²) in [5.41, 5.74) is 2.57. The maximum atomic E-state index is 9.90. The van der Waals surface area contributed by atoms with Crippen molar-refractivity contribution >= 4 is 11.5 Å². The number of rotatable bonds is 0. The molecule has 15 heavy (non-hydrogen) atoms. The molecule has 3 rings (SSSR count). The van der Waals surface area contributed by atoms with Crippen LogP contribution in [0.1, 0.15) is 12.0 Å². The lowest BCUT2D eigenvalue weighted by Crippen LogP contribution is -2.41. The summed E-state index contributed by atoms with van der Waals surface area (Å²) in [6.07, 6.45) is 0.566. The van der Waals surface area contributed by atoms with Crippen molar-refractivity contribution in [1.29, 1.82) is 0 Å². The van der Waals surface area contributed by atoms with Crippen molar-refractivity contribution in [2.75, 3.05) is 18.5 Å². The Morgan fingerprint density at radius 1 is 1.40 bits per heavy atom. The van der Waals surface area contributed by atoms with Crippen LogP contribution in [0.15, 0.2) is 24.3 Å². The second-order valence-electron chi connectivity index (χ2n) is 4.27. The van der Waals surface area contributed by atoms with Crippen molar-refractivity contribution in [3.05, 3.63) is 29.8 Å². The van der Waals surface area contributed by atoms with E-state index in [0.29, 0.717) is 0 Å². The number of amidine groups is 1. The first-order valence-electron chi connectivity index (χ1n) is 5.39. The third-order valence-corrected chi connectivity index (χ3v) is 3.35. The number of aliphatic hydroxyl groups is 1. The highest BCUT2D eigenvalue weighted by Gasteiger charge is 2.38. The number of anilines is 1. The fraction of sp³-hybridized carbons (Fsp3) is 0.417. The molecule has 1 N–H and O–H groups in total. The molecular formula is C12H15N2O+. The van der Waals surface area contributed by atoms with Crippen LogP contribution in [0, 0.1) is 0 Å². The van der Waals surface area contributed by atoms with Crippen molar-refractivity contribution in [3.63, 3.8) is 0 Å². The Morgan fingerprint density at radius 3 is 3.07 bits per heavy atom. The Kier molecular flexibility index (Phi) is 1.83. The zero-order chi connectivity index (χ0) is 10.4. The number of para-hydroxylation sites is 1. The van der Waals surface area contributed by atoms with Gasteiger partial charge in [0.1, 0.15) is 12.2 Å². The molecule has 0 saturated heterocycles. The van der Waals surface area contributed by atoms with Gasteiger partial charge < -0.3 is 5.11 Å². The zero-order valence-corrected chi connectivity index (χ0v) is 8.85. The first kappa shape index (κ1) is 8.92. The average Bonchev–Trinajstić information content (AvgIpc) is 2.61. The highest BCUT2D eigenvalue weighted by Crippen LogP contribution is 2.27. The quantitative estimate of drug-likeness (QED) is 0.632. The van der Waals surface area contributed by atoms with Gasteiger partial charge in [-0.3, -0.25) is 4.58 Å². The number of benzene rings is 1. The fourth-order valence-corrected chi connectivity index (χ4v) is 2.63. The molecule has 0 bridgehead atoms. The monoisotopic (exact) mass is 203 g/mol. The molecule has 2 aliphatic rings. The molecule has 0 aliphatic carbocycles. The second-order valence-corrected chi connectivity index (χ2v) is 4.27.